The quantitative estimate of drug-likeness (QED) is 0.231. The molecule has 1 fully saturated rings. The monoisotopic (exact) mass is 571 g/mol. The molecule has 1 aliphatic heterocycles. The van der Waals surface area contributed by atoms with Crippen LogP contribution in [0, 0.1) is 17.5 Å². The number of piperidine rings is 1. The van der Waals surface area contributed by atoms with E-state index in [0.29, 0.717) is 19.1 Å². The number of aromatic amines is 1. The maximum absolute atomic E-state index is 13.5. The molecule has 2 aromatic carbocycles. The number of guanidine groups is 1. The van der Waals surface area contributed by atoms with Crippen molar-refractivity contribution in [2.24, 2.45) is 4.99 Å². The Bertz CT molecular complexity index is 1090. The van der Waals surface area contributed by atoms with Gasteiger partial charge in [0, 0.05) is 56.4 Å². The van der Waals surface area contributed by atoms with E-state index in [-0.39, 0.29) is 29.8 Å². The molecule has 0 amide bonds. The summed E-state index contributed by atoms with van der Waals surface area (Å²) >= 11 is 0. The largest absolute Gasteiger partial charge is 0.361 e. The first-order valence-electron chi connectivity index (χ1n) is 10.9. The van der Waals surface area contributed by atoms with Crippen molar-refractivity contribution in [3.8, 4) is 0 Å². The van der Waals surface area contributed by atoms with Crippen molar-refractivity contribution in [3.05, 3.63) is 71.2 Å². The van der Waals surface area contributed by atoms with Gasteiger partial charge in [-0.05, 0) is 60.7 Å². The SMILES string of the molecule is CN=C(NCCc1c[nH]c2ccc(F)cc12)NC1CCN(Cc2ccc(F)c(F)c2)CC1.I. The summed E-state index contributed by atoms with van der Waals surface area (Å²) in [6.07, 6.45) is 4.54. The molecule has 178 valence electrons. The van der Waals surface area contributed by atoms with Crippen LogP contribution in [0.2, 0.25) is 0 Å². The predicted octanol–water partition coefficient (Wildman–Crippen LogP) is 4.58. The Labute approximate surface area is 208 Å². The second-order valence-corrected chi connectivity index (χ2v) is 8.20. The van der Waals surface area contributed by atoms with E-state index < -0.39 is 11.6 Å². The first kappa shape index (κ1) is 25.4. The molecule has 4 rings (SSSR count). The third-order valence-corrected chi connectivity index (χ3v) is 5.96. The molecular weight excluding hydrogens is 542 g/mol. The molecule has 1 aromatic heterocycles. The lowest BCUT2D eigenvalue weighted by Gasteiger charge is -2.33. The molecule has 9 heteroatoms. The third-order valence-electron chi connectivity index (χ3n) is 5.96. The number of hydrogen-bond donors (Lipinski definition) is 3. The Morgan fingerprint density at radius 2 is 1.88 bits per heavy atom. The number of aromatic nitrogens is 1. The summed E-state index contributed by atoms with van der Waals surface area (Å²) in [6.45, 7) is 3.03. The highest BCUT2D eigenvalue weighted by molar-refractivity contribution is 14.0. The van der Waals surface area contributed by atoms with Gasteiger partial charge < -0.3 is 15.6 Å². The van der Waals surface area contributed by atoms with Crippen LogP contribution in [0.1, 0.15) is 24.0 Å². The topological polar surface area (TPSA) is 55.5 Å². The van der Waals surface area contributed by atoms with Crippen LogP contribution in [0.4, 0.5) is 13.2 Å². The van der Waals surface area contributed by atoms with Crippen molar-refractivity contribution in [2.75, 3.05) is 26.7 Å². The van der Waals surface area contributed by atoms with Gasteiger partial charge in [0.1, 0.15) is 5.82 Å². The van der Waals surface area contributed by atoms with E-state index in [0.717, 1.165) is 60.3 Å². The maximum atomic E-state index is 13.5. The van der Waals surface area contributed by atoms with E-state index >= 15 is 0 Å². The van der Waals surface area contributed by atoms with Gasteiger partial charge in [-0.25, -0.2) is 13.2 Å². The number of hydrogen-bond acceptors (Lipinski definition) is 2. The van der Waals surface area contributed by atoms with Crippen LogP contribution in [0.3, 0.4) is 0 Å². The van der Waals surface area contributed by atoms with Crippen molar-refractivity contribution in [2.45, 2.75) is 31.8 Å². The van der Waals surface area contributed by atoms with Crippen molar-refractivity contribution in [1.82, 2.24) is 20.5 Å². The van der Waals surface area contributed by atoms with E-state index in [9.17, 15) is 13.2 Å². The van der Waals surface area contributed by atoms with Crippen LogP contribution in [-0.2, 0) is 13.0 Å². The fraction of sp³-hybridized carbons (Fsp3) is 0.375. The van der Waals surface area contributed by atoms with Gasteiger partial charge in [0.25, 0.3) is 0 Å². The van der Waals surface area contributed by atoms with Crippen LogP contribution < -0.4 is 10.6 Å². The molecule has 0 saturated carbocycles. The molecule has 0 unspecified atom stereocenters. The van der Waals surface area contributed by atoms with Gasteiger partial charge in [-0.2, -0.15) is 0 Å². The van der Waals surface area contributed by atoms with Gasteiger partial charge >= 0.3 is 0 Å². The molecular formula is C24H29F3IN5. The second kappa shape index (κ2) is 11.7. The maximum Gasteiger partial charge on any atom is 0.191 e. The van der Waals surface area contributed by atoms with E-state index in [1.807, 2.05) is 6.20 Å². The molecule has 0 bridgehead atoms. The Balaban J connectivity index is 0.00000306. The van der Waals surface area contributed by atoms with E-state index in [4.69, 9.17) is 0 Å². The van der Waals surface area contributed by atoms with Crippen LogP contribution >= 0.6 is 24.0 Å². The number of nitrogens with zero attached hydrogens (tertiary/aromatic N) is 2. The third kappa shape index (κ3) is 6.63. The van der Waals surface area contributed by atoms with Gasteiger partial charge in [-0.15, -0.1) is 24.0 Å². The second-order valence-electron chi connectivity index (χ2n) is 8.20. The number of rotatable bonds is 6. The van der Waals surface area contributed by atoms with Gasteiger partial charge in [-0.3, -0.25) is 9.89 Å². The van der Waals surface area contributed by atoms with E-state index in [1.165, 1.54) is 18.2 Å². The van der Waals surface area contributed by atoms with Gasteiger partial charge in [-0.1, -0.05) is 6.07 Å². The van der Waals surface area contributed by atoms with Crippen molar-refractivity contribution in [3.63, 3.8) is 0 Å². The molecule has 0 aliphatic carbocycles. The molecule has 2 heterocycles. The number of benzene rings is 2. The molecule has 1 saturated heterocycles. The fourth-order valence-corrected chi connectivity index (χ4v) is 4.19. The van der Waals surface area contributed by atoms with Gasteiger partial charge in [0.05, 0.1) is 0 Å². The van der Waals surface area contributed by atoms with Crippen molar-refractivity contribution < 1.29 is 13.2 Å². The highest BCUT2D eigenvalue weighted by Crippen LogP contribution is 2.20. The number of likely N-dealkylation sites (tertiary alicyclic amines) is 1. The highest BCUT2D eigenvalue weighted by Gasteiger charge is 2.20. The lowest BCUT2D eigenvalue weighted by atomic mass is 10.0. The van der Waals surface area contributed by atoms with Crippen LogP contribution in [0.25, 0.3) is 10.9 Å². The van der Waals surface area contributed by atoms with Crippen LogP contribution in [0.15, 0.2) is 47.6 Å². The van der Waals surface area contributed by atoms with E-state index in [1.54, 1.807) is 25.2 Å². The van der Waals surface area contributed by atoms with Crippen LogP contribution in [-0.4, -0.2) is 48.6 Å². The van der Waals surface area contributed by atoms with Crippen LogP contribution in [0.5, 0.6) is 0 Å². The zero-order chi connectivity index (χ0) is 22.5. The predicted molar refractivity (Wildman–Crippen MR) is 137 cm³/mol. The molecule has 3 N–H and O–H groups in total. The molecule has 0 spiro atoms. The molecule has 5 nitrogen and oxygen atoms in total. The Kier molecular flexibility index (Phi) is 9.02. The van der Waals surface area contributed by atoms with Gasteiger partial charge in [0.2, 0.25) is 0 Å². The minimum absolute atomic E-state index is 0. The summed E-state index contributed by atoms with van der Waals surface area (Å²) in [5.74, 6) is -1.10. The molecule has 0 atom stereocenters. The summed E-state index contributed by atoms with van der Waals surface area (Å²) in [4.78, 5) is 9.74. The summed E-state index contributed by atoms with van der Waals surface area (Å²) in [5, 5.41) is 7.71. The number of nitrogens with one attached hydrogen (secondary N) is 3. The standard InChI is InChI=1S/C24H28F3N5.HI/c1-28-24(29-9-6-17-14-30-23-5-3-18(25)13-20(17)23)31-19-7-10-32(11-8-19)15-16-2-4-21(26)22(27)12-16;/h2-5,12-14,19,30H,6-11,15H2,1H3,(H2,28,29,31);1H. The highest BCUT2D eigenvalue weighted by atomic mass is 127. The summed E-state index contributed by atoms with van der Waals surface area (Å²) in [6, 6.07) is 9.15. The minimum atomic E-state index is -0.813. The zero-order valence-corrected chi connectivity index (χ0v) is 20.8. The first-order chi connectivity index (χ1) is 15.5. The number of aliphatic imine (C=N–C) groups is 1. The lowest BCUT2D eigenvalue weighted by Crippen LogP contribution is -2.48. The Morgan fingerprint density at radius 3 is 2.61 bits per heavy atom. The average molecular weight is 571 g/mol. The smallest absolute Gasteiger partial charge is 0.191 e. The summed E-state index contributed by atoms with van der Waals surface area (Å²) in [5.41, 5.74) is 2.77. The van der Waals surface area contributed by atoms with Gasteiger partial charge in [0.15, 0.2) is 17.6 Å². The first-order valence-corrected chi connectivity index (χ1v) is 10.9. The number of halogens is 4. The number of H-pyrrole nitrogens is 1. The van der Waals surface area contributed by atoms with Crippen molar-refractivity contribution >= 4 is 40.8 Å². The minimum Gasteiger partial charge on any atom is -0.361 e. The molecule has 33 heavy (non-hydrogen) atoms. The fourth-order valence-electron chi connectivity index (χ4n) is 4.19. The number of fused-ring (bicyclic) bond motifs is 1. The average Bonchev–Trinajstić information content (AvgIpc) is 3.19. The Morgan fingerprint density at radius 1 is 1.09 bits per heavy atom. The molecule has 3 aromatic rings. The molecule has 1 aliphatic rings. The molecule has 0 radical (unpaired) electrons. The Hall–Kier alpha value is -2.27. The summed E-state index contributed by atoms with van der Waals surface area (Å²) < 4.78 is 40.1. The van der Waals surface area contributed by atoms with Crippen molar-refractivity contribution in [1.29, 1.82) is 0 Å². The summed E-state index contributed by atoms with van der Waals surface area (Å²) in [7, 11) is 1.74. The van der Waals surface area contributed by atoms with E-state index in [2.05, 4.69) is 25.5 Å². The normalized spacial score (nSPS) is 15.5. The lowest BCUT2D eigenvalue weighted by molar-refractivity contribution is 0.198. The zero-order valence-electron chi connectivity index (χ0n) is 18.5.